The maximum absolute atomic E-state index is 12.9. The zero-order valence-electron chi connectivity index (χ0n) is 15.1. The number of carbonyl (C=O) groups excluding carboxylic acids is 1. The molecule has 1 aliphatic rings. The first kappa shape index (κ1) is 20.0. The molecule has 1 N–H and O–H groups in total. The van der Waals surface area contributed by atoms with Gasteiger partial charge in [0.2, 0.25) is 10.0 Å². The maximum Gasteiger partial charge on any atom is 0.255 e. The summed E-state index contributed by atoms with van der Waals surface area (Å²) in [5.41, 5.74) is 0.946. The van der Waals surface area contributed by atoms with Gasteiger partial charge in [-0.2, -0.15) is 4.31 Å². The third kappa shape index (κ3) is 4.76. The van der Waals surface area contributed by atoms with Gasteiger partial charge in [-0.1, -0.05) is 35.0 Å². The predicted octanol–water partition coefficient (Wildman–Crippen LogP) is 3.03. The van der Waals surface area contributed by atoms with Crippen LogP contribution in [0.15, 0.2) is 57.9 Å². The summed E-state index contributed by atoms with van der Waals surface area (Å²) in [4.78, 5) is 14.8. The Morgan fingerprint density at radius 3 is 2.44 bits per heavy atom. The lowest BCUT2D eigenvalue weighted by atomic mass is 10.2. The molecule has 144 valence electrons. The Balaban J connectivity index is 1.76. The van der Waals surface area contributed by atoms with Crippen LogP contribution in [0.1, 0.15) is 17.3 Å². The van der Waals surface area contributed by atoms with E-state index in [9.17, 15) is 13.2 Å². The highest BCUT2D eigenvalue weighted by molar-refractivity contribution is 9.10. The average molecular weight is 452 g/mol. The minimum Gasteiger partial charge on any atom is -0.322 e. The molecule has 3 rings (SSSR count). The van der Waals surface area contributed by atoms with Crippen molar-refractivity contribution in [2.24, 2.45) is 0 Å². The van der Waals surface area contributed by atoms with Crippen LogP contribution >= 0.6 is 15.9 Å². The van der Waals surface area contributed by atoms with Crippen LogP contribution in [0.25, 0.3) is 0 Å². The molecular formula is C19H22BrN3O3S. The standard InChI is InChI=1S/C19H22BrN3O3S/c1-2-22-9-11-23(12-10-22)27(25,26)18-8-4-7-17(14-18)21-19(24)15-5-3-6-16(20)13-15/h3-8,13-14H,2,9-12H2,1H3,(H,21,24). The van der Waals surface area contributed by atoms with Gasteiger partial charge in [-0.15, -0.1) is 0 Å². The zero-order chi connectivity index (χ0) is 19.4. The number of sulfonamides is 1. The van der Waals surface area contributed by atoms with Crippen molar-refractivity contribution in [1.29, 1.82) is 0 Å². The summed E-state index contributed by atoms with van der Waals surface area (Å²) in [6.07, 6.45) is 0. The summed E-state index contributed by atoms with van der Waals surface area (Å²) < 4.78 is 28.2. The van der Waals surface area contributed by atoms with Gasteiger partial charge in [0.25, 0.3) is 5.91 Å². The number of halogens is 1. The lowest BCUT2D eigenvalue weighted by Crippen LogP contribution is -2.48. The molecule has 0 atom stereocenters. The van der Waals surface area contributed by atoms with E-state index in [0.29, 0.717) is 24.3 Å². The Hall–Kier alpha value is -1.74. The fourth-order valence-corrected chi connectivity index (χ4v) is 4.87. The number of nitrogens with zero attached hydrogens (tertiary/aromatic N) is 2. The number of hydrogen-bond donors (Lipinski definition) is 1. The van der Waals surface area contributed by atoms with Gasteiger partial charge in [0.05, 0.1) is 4.90 Å². The number of anilines is 1. The smallest absolute Gasteiger partial charge is 0.255 e. The van der Waals surface area contributed by atoms with Crippen molar-refractivity contribution in [3.05, 3.63) is 58.6 Å². The molecule has 0 unspecified atom stereocenters. The van der Waals surface area contributed by atoms with Crippen molar-refractivity contribution >= 4 is 37.5 Å². The van der Waals surface area contributed by atoms with Crippen molar-refractivity contribution in [3.63, 3.8) is 0 Å². The molecule has 2 aromatic carbocycles. The number of likely N-dealkylation sites (N-methyl/N-ethyl adjacent to an activating group) is 1. The van der Waals surface area contributed by atoms with Gasteiger partial charge in [-0.05, 0) is 42.9 Å². The molecule has 0 aromatic heterocycles. The largest absolute Gasteiger partial charge is 0.322 e. The molecule has 8 heteroatoms. The number of amides is 1. The van der Waals surface area contributed by atoms with Gasteiger partial charge in [-0.25, -0.2) is 8.42 Å². The molecule has 1 heterocycles. The number of carbonyl (C=O) groups is 1. The number of benzene rings is 2. The summed E-state index contributed by atoms with van der Waals surface area (Å²) >= 11 is 3.34. The Morgan fingerprint density at radius 2 is 1.78 bits per heavy atom. The zero-order valence-corrected chi connectivity index (χ0v) is 17.5. The summed E-state index contributed by atoms with van der Waals surface area (Å²) in [5.74, 6) is -0.289. The molecule has 1 saturated heterocycles. The Bertz CT molecular complexity index is 925. The molecule has 0 bridgehead atoms. The van der Waals surface area contributed by atoms with Gasteiger partial charge in [-0.3, -0.25) is 4.79 Å². The summed E-state index contributed by atoms with van der Waals surface area (Å²) in [7, 11) is -3.58. The second-order valence-corrected chi connectivity index (χ2v) is 9.18. The third-order valence-corrected chi connectivity index (χ3v) is 6.98. The first-order valence-corrected chi connectivity index (χ1v) is 11.0. The second kappa shape index (κ2) is 8.52. The lowest BCUT2D eigenvalue weighted by Gasteiger charge is -2.33. The number of nitrogens with one attached hydrogen (secondary N) is 1. The first-order chi connectivity index (χ1) is 12.9. The average Bonchev–Trinajstić information content (AvgIpc) is 2.68. The molecule has 0 saturated carbocycles. The van der Waals surface area contributed by atoms with Crippen molar-refractivity contribution < 1.29 is 13.2 Å². The fourth-order valence-electron chi connectivity index (χ4n) is 3.00. The molecular weight excluding hydrogens is 430 g/mol. The molecule has 1 amide bonds. The fraction of sp³-hybridized carbons (Fsp3) is 0.316. The minimum absolute atomic E-state index is 0.194. The normalized spacial score (nSPS) is 16.2. The van der Waals surface area contributed by atoms with E-state index in [1.54, 1.807) is 36.4 Å². The molecule has 0 radical (unpaired) electrons. The first-order valence-electron chi connectivity index (χ1n) is 8.79. The Morgan fingerprint density at radius 1 is 1.07 bits per heavy atom. The highest BCUT2D eigenvalue weighted by Gasteiger charge is 2.28. The van der Waals surface area contributed by atoms with Crippen LogP contribution in [0.2, 0.25) is 0 Å². The van der Waals surface area contributed by atoms with Crippen LogP contribution in [0.4, 0.5) is 5.69 Å². The Labute approximate surface area is 168 Å². The van der Waals surface area contributed by atoms with E-state index in [0.717, 1.165) is 24.1 Å². The number of piperazine rings is 1. The highest BCUT2D eigenvalue weighted by atomic mass is 79.9. The van der Waals surface area contributed by atoms with Crippen molar-refractivity contribution in [2.75, 3.05) is 38.0 Å². The molecule has 27 heavy (non-hydrogen) atoms. The van der Waals surface area contributed by atoms with E-state index >= 15 is 0 Å². The lowest BCUT2D eigenvalue weighted by molar-refractivity contribution is 0.102. The molecule has 1 fully saturated rings. The van der Waals surface area contributed by atoms with E-state index in [4.69, 9.17) is 0 Å². The van der Waals surface area contributed by atoms with Gasteiger partial charge in [0, 0.05) is 41.9 Å². The minimum atomic E-state index is -3.58. The quantitative estimate of drug-likeness (QED) is 0.758. The highest BCUT2D eigenvalue weighted by Crippen LogP contribution is 2.22. The molecule has 2 aromatic rings. The van der Waals surface area contributed by atoms with E-state index in [-0.39, 0.29) is 10.8 Å². The number of rotatable bonds is 5. The van der Waals surface area contributed by atoms with Crippen LogP contribution in [-0.4, -0.2) is 56.3 Å². The van der Waals surface area contributed by atoms with Crippen LogP contribution in [0, 0.1) is 0 Å². The van der Waals surface area contributed by atoms with Crippen LogP contribution < -0.4 is 5.32 Å². The van der Waals surface area contributed by atoms with Crippen molar-refractivity contribution in [2.45, 2.75) is 11.8 Å². The Kier molecular flexibility index (Phi) is 6.31. The van der Waals surface area contributed by atoms with E-state index in [2.05, 4.69) is 33.1 Å². The van der Waals surface area contributed by atoms with Gasteiger partial charge < -0.3 is 10.2 Å². The van der Waals surface area contributed by atoms with Gasteiger partial charge in [0.1, 0.15) is 0 Å². The predicted molar refractivity (Wildman–Crippen MR) is 109 cm³/mol. The maximum atomic E-state index is 12.9. The SMILES string of the molecule is CCN1CCN(S(=O)(=O)c2cccc(NC(=O)c3cccc(Br)c3)c2)CC1. The second-order valence-electron chi connectivity index (χ2n) is 6.33. The number of hydrogen-bond acceptors (Lipinski definition) is 4. The summed E-state index contributed by atoms with van der Waals surface area (Å²) in [5, 5.41) is 2.77. The molecule has 1 aliphatic heterocycles. The van der Waals surface area contributed by atoms with Gasteiger partial charge >= 0.3 is 0 Å². The topological polar surface area (TPSA) is 69.7 Å². The monoisotopic (exact) mass is 451 g/mol. The van der Waals surface area contributed by atoms with Crippen LogP contribution in [0.3, 0.4) is 0 Å². The van der Waals surface area contributed by atoms with Gasteiger partial charge in [0.15, 0.2) is 0 Å². The van der Waals surface area contributed by atoms with E-state index in [1.807, 2.05) is 6.07 Å². The molecule has 0 spiro atoms. The van der Waals surface area contributed by atoms with E-state index < -0.39 is 10.0 Å². The van der Waals surface area contributed by atoms with Crippen molar-refractivity contribution in [1.82, 2.24) is 9.21 Å². The summed E-state index contributed by atoms with van der Waals surface area (Å²) in [6.45, 7) is 5.41. The van der Waals surface area contributed by atoms with Crippen LogP contribution in [-0.2, 0) is 10.0 Å². The molecule has 0 aliphatic carbocycles. The van der Waals surface area contributed by atoms with E-state index in [1.165, 1.54) is 10.4 Å². The van der Waals surface area contributed by atoms with Crippen LogP contribution in [0.5, 0.6) is 0 Å². The van der Waals surface area contributed by atoms with Crippen molar-refractivity contribution in [3.8, 4) is 0 Å². The summed E-state index contributed by atoms with van der Waals surface area (Å²) in [6, 6.07) is 13.4. The third-order valence-electron chi connectivity index (χ3n) is 4.59. The molecule has 6 nitrogen and oxygen atoms in total.